The average Bonchev–Trinajstić information content (AvgIpc) is 3.60. The van der Waals surface area contributed by atoms with Crippen molar-refractivity contribution in [2.45, 2.75) is 93.4 Å². The fourth-order valence-corrected chi connectivity index (χ4v) is 8.93. The lowest BCUT2D eigenvalue weighted by Crippen LogP contribution is -2.29. The van der Waals surface area contributed by atoms with Gasteiger partial charge in [-0.05, 0) is 93.5 Å². The summed E-state index contributed by atoms with van der Waals surface area (Å²) in [6.07, 6.45) is 11.2. The van der Waals surface area contributed by atoms with E-state index >= 15 is 0 Å². The van der Waals surface area contributed by atoms with E-state index in [2.05, 4.69) is 125 Å². The number of aromatic nitrogens is 2. The highest BCUT2D eigenvalue weighted by Crippen LogP contribution is 2.46. The van der Waals surface area contributed by atoms with E-state index in [9.17, 15) is 0 Å². The van der Waals surface area contributed by atoms with Crippen molar-refractivity contribution in [1.29, 1.82) is 0 Å². The molecular formula is C43H49N2+. The second kappa shape index (κ2) is 9.92. The van der Waals surface area contributed by atoms with Gasteiger partial charge < -0.3 is 4.40 Å². The van der Waals surface area contributed by atoms with Gasteiger partial charge in [0.15, 0.2) is 6.20 Å². The van der Waals surface area contributed by atoms with Gasteiger partial charge in [0.25, 0.3) is 0 Å². The first-order valence-corrected chi connectivity index (χ1v) is 17.4. The summed E-state index contributed by atoms with van der Waals surface area (Å²) in [6, 6.07) is 21.9. The van der Waals surface area contributed by atoms with Crippen LogP contribution in [0, 0.1) is 23.7 Å². The molecule has 1 aliphatic carbocycles. The SMILES string of the molecule is Cc1c2cc(CC(C)(C)C)ccc2c(CC(C)(C)C)c2c1c1c3c(ccc4c5cc(CC6CCCC6)ccc5n2c43)cc[n+]1C. The second-order valence-corrected chi connectivity index (χ2v) is 16.9. The quantitative estimate of drug-likeness (QED) is 0.109. The fraction of sp³-hybridized carbons (Fsp3) is 0.419. The first-order valence-electron chi connectivity index (χ1n) is 17.4. The number of fused-ring (bicyclic) bond motifs is 7. The monoisotopic (exact) mass is 593 g/mol. The predicted octanol–water partition coefficient (Wildman–Crippen LogP) is 11.2. The van der Waals surface area contributed by atoms with Crippen molar-refractivity contribution in [2.24, 2.45) is 23.8 Å². The van der Waals surface area contributed by atoms with E-state index in [1.807, 2.05) is 0 Å². The van der Waals surface area contributed by atoms with Crippen LogP contribution in [0.15, 0.2) is 60.8 Å². The fourth-order valence-electron chi connectivity index (χ4n) is 8.93. The molecule has 2 heteroatoms. The van der Waals surface area contributed by atoms with Crippen molar-refractivity contribution < 1.29 is 4.57 Å². The summed E-state index contributed by atoms with van der Waals surface area (Å²) in [5.74, 6) is 0.842. The van der Waals surface area contributed by atoms with E-state index in [0.29, 0.717) is 0 Å². The van der Waals surface area contributed by atoms with Gasteiger partial charge in [0.2, 0.25) is 5.52 Å². The zero-order chi connectivity index (χ0) is 31.4. The van der Waals surface area contributed by atoms with Crippen LogP contribution in [0.3, 0.4) is 0 Å². The summed E-state index contributed by atoms with van der Waals surface area (Å²) in [5, 5.41) is 9.77. The maximum atomic E-state index is 2.69. The summed E-state index contributed by atoms with van der Waals surface area (Å²) in [6.45, 7) is 16.6. The summed E-state index contributed by atoms with van der Waals surface area (Å²) >= 11 is 0. The van der Waals surface area contributed by atoms with Gasteiger partial charge in [-0.2, -0.15) is 0 Å². The third-order valence-corrected chi connectivity index (χ3v) is 10.7. The molecule has 0 radical (unpaired) electrons. The second-order valence-electron chi connectivity index (χ2n) is 16.9. The molecule has 0 spiro atoms. The van der Waals surface area contributed by atoms with Crippen LogP contribution in [0.5, 0.6) is 0 Å². The Morgan fingerprint density at radius 2 is 1.40 bits per heavy atom. The van der Waals surface area contributed by atoms with Crippen LogP contribution in [0.4, 0.5) is 0 Å². The predicted molar refractivity (Wildman–Crippen MR) is 194 cm³/mol. The van der Waals surface area contributed by atoms with Gasteiger partial charge in [-0.15, -0.1) is 0 Å². The van der Waals surface area contributed by atoms with E-state index < -0.39 is 0 Å². The van der Waals surface area contributed by atoms with E-state index in [4.69, 9.17) is 0 Å². The zero-order valence-electron chi connectivity index (χ0n) is 28.7. The molecule has 0 amide bonds. The molecule has 0 bridgehead atoms. The van der Waals surface area contributed by atoms with E-state index in [0.717, 1.165) is 18.8 Å². The minimum Gasteiger partial charge on any atom is -0.307 e. The van der Waals surface area contributed by atoms with Crippen molar-refractivity contribution in [3.05, 3.63) is 83.0 Å². The minimum absolute atomic E-state index is 0.141. The number of rotatable bonds is 4. The van der Waals surface area contributed by atoms with Gasteiger partial charge in [0.05, 0.1) is 27.3 Å². The first-order chi connectivity index (χ1) is 21.4. The Balaban J connectivity index is 1.58. The van der Waals surface area contributed by atoms with Crippen LogP contribution in [0.1, 0.15) is 89.5 Å². The zero-order valence-corrected chi connectivity index (χ0v) is 28.7. The van der Waals surface area contributed by atoms with Gasteiger partial charge in [0.1, 0.15) is 7.05 Å². The van der Waals surface area contributed by atoms with Gasteiger partial charge in [0, 0.05) is 16.8 Å². The molecule has 230 valence electrons. The molecule has 1 aliphatic rings. The largest absolute Gasteiger partial charge is 0.307 e. The van der Waals surface area contributed by atoms with Gasteiger partial charge in [-0.1, -0.05) is 104 Å². The van der Waals surface area contributed by atoms with Crippen LogP contribution in [-0.4, -0.2) is 4.40 Å². The van der Waals surface area contributed by atoms with Crippen LogP contribution in [-0.2, 0) is 26.3 Å². The van der Waals surface area contributed by atoms with Gasteiger partial charge in [-0.3, -0.25) is 0 Å². The third-order valence-electron chi connectivity index (χ3n) is 10.7. The Hall–Kier alpha value is -3.65. The lowest BCUT2D eigenvalue weighted by Gasteiger charge is -2.25. The highest BCUT2D eigenvalue weighted by atomic mass is 15.0. The smallest absolute Gasteiger partial charge is 0.224 e. The average molecular weight is 594 g/mol. The van der Waals surface area contributed by atoms with Crippen LogP contribution < -0.4 is 4.57 Å². The molecule has 7 aromatic rings. The molecule has 0 atom stereocenters. The number of aryl methyl sites for hydroxylation is 2. The molecule has 45 heavy (non-hydrogen) atoms. The van der Waals surface area contributed by atoms with Gasteiger partial charge >= 0.3 is 0 Å². The standard InChI is InChI=1S/C43H49N2/c1-26-33-23-29(24-42(2,3)4)13-16-31(33)35(25-43(5,6)7)40-37(26)41-38-30(19-20-44(41)8)15-17-32-34-22-28(21-27-11-9-10-12-27)14-18-36(34)45(40)39(32)38/h13-20,22-23,27H,9-12,21,24-25H2,1-8H3/q+1. The molecule has 1 saturated carbocycles. The molecule has 3 heterocycles. The van der Waals surface area contributed by atoms with Crippen molar-refractivity contribution in [2.75, 3.05) is 0 Å². The molecule has 0 saturated heterocycles. The molecular weight excluding hydrogens is 544 g/mol. The summed E-state index contributed by atoms with van der Waals surface area (Å²) in [7, 11) is 2.25. The molecule has 0 unspecified atom stereocenters. The molecule has 3 aromatic heterocycles. The first kappa shape index (κ1) is 28.8. The normalized spacial score (nSPS) is 15.4. The number of hydrogen-bond donors (Lipinski definition) is 0. The summed E-state index contributed by atoms with van der Waals surface area (Å²) < 4.78 is 5.08. The highest BCUT2D eigenvalue weighted by Gasteiger charge is 2.29. The van der Waals surface area contributed by atoms with Crippen molar-refractivity contribution in [3.8, 4) is 0 Å². The number of benzene rings is 4. The Bertz CT molecular complexity index is 2280. The highest BCUT2D eigenvalue weighted by molar-refractivity contribution is 6.29. The van der Waals surface area contributed by atoms with E-state index in [1.54, 1.807) is 0 Å². The van der Waals surface area contributed by atoms with Gasteiger partial charge in [-0.25, -0.2) is 4.57 Å². The molecule has 8 rings (SSSR count). The third kappa shape index (κ3) is 4.62. The Kier molecular flexibility index (Phi) is 6.35. The molecule has 1 fully saturated rings. The summed E-state index contributed by atoms with van der Waals surface area (Å²) in [5.41, 5.74) is 11.7. The van der Waals surface area contributed by atoms with Crippen molar-refractivity contribution >= 4 is 59.8 Å². The topological polar surface area (TPSA) is 8.29 Å². The lowest BCUT2D eigenvalue weighted by atomic mass is 9.81. The van der Waals surface area contributed by atoms with Crippen molar-refractivity contribution in [3.63, 3.8) is 0 Å². The van der Waals surface area contributed by atoms with Crippen LogP contribution >= 0.6 is 0 Å². The van der Waals surface area contributed by atoms with Crippen molar-refractivity contribution in [1.82, 2.24) is 4.40 Å². The maximum absolute atomic E-state index is 2.69. The molecule has 4 aromatic carbocycles. The Labute approximate surface area is 268 Å². The van der Waals surface area contributed by atoms with E-state index in [1.165, 1.54) is 114 Å². The molecule has 2 nitrogen and oxygen atoms in total. The Morgan fingerprint density at radius 3 is 2.13 bits per heavy atom. The summed E-state index contributed by atoms with van der Waals surface area (Å²) in [4.78, 5) is 0. The number of hydrogen-bond acceptors (Lipinski definition) is 0. The molecule has 0 aliphatic heterocycles. The van der Waals surface area contributed by atoms with Crippen LogP contribution in [0.25, 0.3) is 59.8 Å². The minimum atomic E-state index is 0.141. The number of nitrogens with zero attached hydrogens (tertiary/aromatic N) is 2. The Morgan fingerprint density at radius 1 is 0.711 bits per heavy atom. The lowest BCUT2D eigenvalue weighted by molar-refractivity contribution is -0.643. The molecule has 0 N–H and O–H groups in total. The van der Waals surface area contributed by atoms with Crippen LogP contribution in [0.2, 0.25) is 0 Å². The number of pyridine rings is 2. The maximum Gasteiger partial charge on any atom is 0.224 e. The van der Waals surface area contributed by atoms with E-state index in [-0.39, 0.29) is 10.8 Å².